The Balaban J connectivity index is 2.01. The molecule has 1 aromatic carbocycles. The molecule has 0 atom stereocenters. The molecular formula is C15H23N3O2. The van der Waals surface area contributed by atoms with E-state index in [1.165, 1.54) is 25.7 Å². The molecule has 2 rings (SSSR count). The summed E-state index contributed by atoms with van der Waals surface area (Å²) in [6, 6.07) is 5.39. The van der Waals surface area contributed by atoms with Gasteiger partial charge in [0, 0.05) is 6.04 Å². The van der Waals surface area contributed by atoms with Gasteiger partial charge in [0.15, 0.2) is 0 Å². The number of hydrogen-bond donors (Lipinski definition) is 2. The lowest BCUT2D eigenvalue weighted by Gasteiger charge is -2.29. The molecule has 5 nitrogen and oxygen atoms in total. The molecule has 0 aliphatic heterocycles. The van der Waals surface area contributed by atoms with E-state index in [2.05, 4.69) is 12.2 Å². The van der Waals surface area contributed by atoms with Crippen molar-refractivity contribution in [1.82, 2.24) is 0 Å². The number of anilines is 2. The average molecular weight is 277 g/mol. The number of nitrogens with two attached hydrogens (primary N) is 1. The van der Waals surface area contributed by atoms with Gasteiger partial charge in [0.05, 0.1) is 4.92 Å². The Morgan fingerprint density at radius 3 is 2.65 bits per heavy atom. The normalized spacial score (nSPS) is 22.4. The highest BCUT2D eigenvalue weighted by molar-refractivity contribution is 5.74. The van der Waals surface area contributed by atoms with Gasteiger partial charge >= 0.3 is 5.69 Å². The second-order valence-corrected chi connectivity index (χ2v) is 5.65. The number of nitrogens with zero attached hydrogens (tertiary/aromatic N) is 1. The van der Waals surface area contributed by atoms with Crippen LogP contribution in [0.2, 0.25) is 0 Å². The van der Waals surface area contributed by atoms with Gasteiger partial charge in [-0.2, -0.15) is 0 Å². The molecule has 1 aliphatic rings. The van der Waals surface area contributed by atoms with Crippen LogP contribution >= 0.6 is 0 Å². The Kier molecular flexibility index (Phi) is 4.82. The van der Waals surface area contributed by atoms with Crippen LogP contribution in [-0.2, 0) is 0 Å². The number of para-hydroxylation sites is 1. The number of nitrogen functional groups attached to an aromatic ring is 1. The van der Waals surface area contributed by atoms with Crippen LogP contribution in [0.3, 0.4) is 0 Å². The minimum Gasteiger partial charge on any atom is -0.393 e. The molecule has 0 heterocycles. The SMILES string of the molecule is CCCC1CCC(Nc2cccc(N)c2[N+](=O)[O-])CC1. The third-order valence-electron chi connectivity index (χ3n) is 4.15. The summed E-state index contributed by atoms with van der Waals surface area (Å²) in [5, 5.41) is 14.4. The van der Waals surface area contributed by atoms with Crippen LogP contribution in [0, 0.1) is 16.0 Å². The molecule has 1 saturated carbocycles. The van der Waals surface area contributed by atoms with E-state index in [-0.39, 0.29) is 11.4 Å². The van der Waals surface area contributed by atoms with Crippen molar-refractivity contribution in [3.63, 3.8) is 0 Å². The maximum Gasteiger partial charge on any atom is 0.314 e. The van der Waals surface area contributed by atoms with Gasteiger partial charge < -0.3 is 11.1 Å². The van der Waals surface area contributed by atoms with Crippen molar-refractivity contribution in [2.75, 3.05) is 11.1 Å². The van der Waals surface area contributed by atoms with Crippen molar-refractivity contribution in [2.45, 2.75) is 51.5 Å². The summed E-state index contributed by atoms with van der Waals surface area (Å²) >= 11 is 0. The molecule has 0 bridgehead atoms. The summed E-state index contributed by atoms with van der Waals surface area (Å²) in [6.45, 7) is 2.22. The summed E-state index contributed by atoms with van der Waals surface area (Å²) in [4.78, 5) is 10.7. The van der Waals surface area contributed by atoms with Crippen LogP contribution in [0.1, 0.15) is 45.4 Å². The van der Waals surface area contributed by atoms with Crippen molar-refractivity contribution in [1.29, 1.82) is 0 Å². The summed E-state index contributed by atoms with van der Waals surface area (Å²) in [7, 11) is 0. The van der Waals surface area contributed by atoms with Gasteiger partial charge in [-0.25, -0.2) is 0 Å². The maximum atomic E-state index is 11.1. The predicted octanol–water partition coefficient (Wildman–Crippen LogP) is 3.95. The lowest BCUT2D eigenvalue weighted by atomic mass is 9.83. The predicted molar refractivity (Wildman–Crippen MR) is 81.8 cm³/mol. The van der Waals surface area contributed by atoms with Crippen molar-refractivity contribution in [2.24, 2.45) is 5.92 Å². The van der Waals surface area contributed by atoms with E-state index in [4.69, 9.17) is 5.73 Å². The van der Waals surface area contributed by atoms with Gasteiger partial charge in [0.1, 0.15) is 11.4 Å². The molecule has 0 aromatic heterocycles. The highest BCUT2D eigenvalue weighted by Gasteiger charge is 2.24. The number of benzene rings is 1. The first-order valence-electron chi connectivity index (χ1n) is 7.41. The van der Waals surface area contributed by atoms with Gasteiger partial charge in [-0.05, 0) is 43.7 Å². The van der Waals surface area contributed by atoms with Gasteiger partial charge in [0.2, 0.25) is 0 Å². The Hall–Kier alpha value is -1.78. The molecule has 5 heteroatoms. The standard InChI is InChI=1S/C15H23N3O2/c1-2-4-11-7-9-12(10-8-11)17-14-6-3-5-13(16)15(14)18(19)20/h3,5-6,11-12,17H,2,4,7-10,16H2,1H3. The topological polar surface area (TPSA) is 81.2 Å². The lowest BCUT2D eigenvalue weighted by Crippen LogP contribution is -2.26. The second kappa shape index (κ2) is 6.59. The molecule has 0 saturated heterocycles. The number of nitro groups is 1. The van der Waals surface area contributed by atoms with Crippen molar-refractivity contribution < 1.29 is 4.92 Å². The lowest BCUT2D eigenvalue weighted by molar-refractivity contribution is -0.383. The van der Waals surface area contributed by atoms with Gasteiger partial charge in [-0.1, -0.05) is 25.8 Å². The van der Waals surface area contributed by atoms with E-state index in [1.54, 1.807) is 18.2 Å². The third-order valence-corrected chi connectivity index (χ3v) is 4.15. The minimum absolute atomic E-state index is 0.00295. The number of rotatable bonds is 5. The van der Waals surface area contributed by atoms with Crippen LogP contribution in [0.5, 0.6) is 0 Å². The van der Waals surface area contributed by atoms with Gasteiger partial charge in [-0.3, -0.25) is 10.1 Å². The molecular weight excluding hydrogens is 254 g/mol. The van der Waals surface area contributed by atoms with Crippen LogP contribution in [0.15, 0.2) is 18.2 Å². The minimum atomic E-state index is -0.402. The van der Waals surface area contributed by atoms with Crippen LogP contribution in [-0.4, -0.2) is 11.0 Å². The van der Waals surface area contributed by atoms with E-state index >= 15 is 0 Å². The Morgan fingerprint density at radius 2 is 2.05 bits per heavy atom. The van der Waals surface area contributed by atoms with Crippen LogP contribution in [0.4, 0.5) is 17.1 Å². The fourth-order valence-corrected chi connectivity index (χ4v) is 3.11. The quantitative estimate of drug-likeness (QED) is 0.485. The van der Waals surface area contributed by atoms with Crippen LogP contribution < -0.4 is 11.1 Å². The Morgan fingerprint density at radius 1 is 1.35 bits per heavy atom. The number of nitro benzene ring substituents is 1. The molecule has 1 fully saturated rings. The molecule has 0 amide bonds. The van der Waals surface area contributed by atoms with E-state index < -0.39 is 4.92 Å². The number of nitrogens with one attached hydrogen (secondary N) is 1. The molecule has 0 spiro atoms. The first-order valence-corrected chi connectivity index (χ1v) is 7.41. The fraction of sp³-hybridized carbons (Fsp3) is 0.600. The molecule has 0 radical (unpaired) electrons. The van der Waals surface area contributed by atoms with E-state index in [0.29, 0.717) is 11.7 Å². The van der Waals surface area contributed by atoms with Crippen molar-refractivity contribution in [3.8, 4) is 0 Å². The average Bonchev–Trinajstić information content (AvgIpc) is 2.41. The Labute approximate surface area is 119 Å². The highest BCUT2D eigenvalue weighted by atomic mass is 16.6. The van der Waals surface area contributed by atoms with E-state index in [9.17, 15) is 10.1 Å². The molecule has 20 heavy (non-hydrogen) atoms. The monoisotopic (exact) mass is 277 g/mol. The zero-order valence-electron chi connectivity index (χ0n) is 12.0. The Bertz CT molecular complexity index is 468. The third kappa shape index (κ3) is 3.40. The molecule has 1 aliphatic carbocycles. The molecule has 0 unspecified atom stereocenters. The van der Waals surface area contributed by atoms with Crippen molar-refractivity contribution >= 4 is 17.1 Å². The molecule has 110 valence electrons. The highest BCUT2D eigenvalue weighted by Crippen LogP contribution is 2.34. The molecule has 3 N–H and O–H groups in total. The summed E-state index contributed by atoms with van der Waals surface area (Å²) in [6.07, 6.45) is 7.12. The van der Waals surface area contributed by atoms with Crippen LogP contribution in [0.25, 0.3) is 0 Å². The summed E-state index contributed by atoms with van der Waals surface area (Å²) < 4.78 is 0. The number of hydrogen-bond acceptors (Lipinski definition) is 4. The van der Waals surface area contributed by atoms with E-state index in [0.717, 1.165) is 18.8 Å². The smallest absolute Gasteiger partial charge is 0.314 e. The molecule has 1 aromatic rings. The summed E-state index contributed by atoms with van der Waals surface area (Å²) in [5.41, 5.74) is 6.48. The zero-order valence-corrected chi connectivity index (χ0v) is 12.0. The first-order chi connectivity index (χ1) is 9.61. The van der Waals surface area contributed by atoms with Gasteiger partial charge in [0.25, 0.3) is 0 Å². The van der Waals surface area contributed by atoms with Crippen molar-refractivity contribution in [3.05, 3.63) is 28.3 Å². The fourth-order valence-electron chi connectivity index (χ4n) is 3.11. The van der Waals surface area contributed by atoms with Gasteiger partial charge in [-0.15, -0.1) is 0 Å². The maximum absolute atomic E-state index is 11.1. The summed E-state index contributed by atoms with van der Waals surface area (Å²) in [5.74, 6) is 0.828. The largest absolute Gasteiger partial charge is 0.393 e. The first kappa shape index (κ1) is 14.6. The van der Waals surface area contributed by atoms with E-state index in [1.807, 2.05) is 0 Å². The zero-order chi connectivity index (χ0) is 14.5. The second-order valence-electron chi connectivity index (χ2n) is 5.65.